The zero-order chi connectivity index (χ0) is 13.2. The first-order chi connectivity index (χ1) is 9.24. The highest BCUT2D eigenvalue weighted by Crippen LogP contribution is 2.30. The van der Waals surface area contributed by atoms with Crippen molar-refractivity contribution in [2.45, 2.75) is 37.9 Å². The summed E-state index contributed by atoms with van der Waals surface area (Å²) in [6, 6.07) is 8.26. The number of likely N-dealkylation sites (tertiary alicyclic amines) is 1. The molecule has 3 rings (SSSR count). The molecule has 0 aromatic heterocycles. The molecule has 0 spiro atoms. The van der Waals surface area contributed by atoms with Crippen molar-refractivity contribution in [2.24, 2.45) is 0 Å². The summed E-state index contributed by atoms with van der Waals surface area (Å²) >= 11 is 0. The first-order valence-corrected chi connectivity index (χ1v) is 6.94. The molecule has 1 aromatic rings. The summed E-state index contributed by atoms with van der Waals surface area (Å²) in [5.74, 6) is 0. The molecule has 0 amide bonds. The van der Waals surface area contributed by atoms with Gasteiger partial charge < -0.3 is 5.32 Å². The minimum absolute atomic E-state index is 0.215. The smallest absolute Gasteiger partial charge is 0.273 e. The molecule has 1 saturated carbocycles. The summed E-state index contributed by atoms with van der Waals surface area (Å²) in [4.78, 5) is 13.2. The highest BCUT2D eigenvalue weighted by molar-refractivity contribution is 5.39. The molecule has 1 aliphatic heterocycles. The van der Waals surface area contributed by atoms with E-state index >= 15 is 0 Å². The van der Waals surface area contributed by atoms with E-state index in [-0.39, 0.29) is 10.6 Å². The molecule has 5 heteroatoms. The summed E-state index contributed by atoms with van der Waals surface area (Å²) in [6.45, 7) is 2.84. The predicted octanol–water partition coefficient (Wildman–Crippen LogP) is 1.92. The van der Waals surface area contributed by atoms with Crippen LogP contribution in [0.15, 0.2) is 24.3 Å². The Morgan fingerprint density at radius 2 is 2.11 bits per heavy atom. The third-order valence-electron chi connectivity index (χ3n) is 4.05. The number of hydrogen-bond acceptors (Lipinski definition) is 4. The lowest BCUT2D eigenvalue weighted by Gasteiger charge is -2.15. The molecule has 1 unspecified atom stereocenters. The van der Waals surface area contributed by atoms with E-state index in [9.17, 15) is 10.1 Å². The molecule has 5 nitrogen and oxygen atoms in total. The van der Waals surface area contributed by atoms with Crippen molar-refractivity contribution in [1.29, 1.82) is 0 Å². The maximum Gasteiger partial charge on any atom is 0.273 e. The normalized spacial score (nSPS) is 23.7. The fraction of sp³-hybridized carbons (Fsp3) is 0.571. The molecule has 2 fully saturated rings. The van der Waals surface area contributed by atoms with E-state index in [2.05, 4.69) is 10.2 Å². The zero-order valence-electron chi connectivity index (χ0n) is 10.9. The van der Waals surface area contributed by atoms with Crippen molar-refractivity contribution in [1.82, 2.24) is 10.2 Å². The fourth-order valence-electron chi connectivity index (χ4n) is 2.82. The third-order valence-corrected chi connectivity index (χ3v) is 4.05. The summed E-state index contributed by atoms with van der Waals surface area (Å²) in [6.07, 6.45) is 3.84. The number of hydrogen-bond donors (Lipinski definition) is 1. The lowest BCUT2D eigenvalue weighted by atomic mass is 10.1. The number of para-hydroxylation sites is 1. The number of rotatable bonds is 5. The van der Waals surface area contributed by atoms with Crippen molar-refractivity contribution in [2.75, 3.05) is 13.1 Å². The van der Waals surface area contributed by atoms with Crippen LogP contribution < -0.4 is 5.32 Å². The first-order valence-electron chi connectivity index (χ1n) is 6.94. The molecule has 1 heterocycles. The second-order valence-corrected chi connectivity index (χ2v) is 5.48. The predicted molar refractivity (Wildman–Crippen MR) is 72.9 cm³/mol. The molecule has 1 atom stereocenters. The van der Waals surface area contributed by atoms with Gasteiger partial charge in [0.1, 0.15) is 0 Å². The molecule has 102 valence electrons. The zero-order valence-corrected chi connectivity index (χ0v) is 10.9. The SMILES string of the molecule is O=[N+]([O-])c1ccccc1CNC1CCN(C2CC2)C1. The number of nitrogens with one attached hydrogen (secondary N) is 1. The van der Waals surface area contributed by atoms with Crippen LogP contribution in [0.25, 0.3) is 0 Å². The molecule has 1 N–H and O–H groups in total. The second kappa shape index (κ2) is 5.27. The minimum atomic E-state index is -0.303. The topological polar surface area (TPSA) is 58.4 Å². The van der Waals surface area contributed by atoms with Gasteiger partial charge in [-0.1, -0.05) is 18.2 Å². The van der Waals surface area contributed by atoms with Gasteiger partial charge >= 0.3 is 0 Å². The van der Waals surface area contributed by atoms with Crippen LogP contribution in [0.4, 0.5) is 5.69 Å². The number of nitro groups is 1. The van der Waals surface area contributed by atoms with Crippen LogP contribution in [-0.4, -0.2) is 35.0 Å². The summed E-state index contributed by atoms with van der Waals surface area (Å²) in [5.41, 5.74) is 0.990. The monoisotopic (exact) mass is 261 g/mol. The van der Waals surface area contributed by atoms with Gasteiger partial charge in [0.2, 0.25) is 0 Å². The van der Waals surface area contributed by atoms with Gasteiger partial charge in [-0.25, -0.2) is 0 Å². The molecular formula is C14H19N3O2. The van der Waals surface area contributed by atoms with Gasteiger partial charge in [-0.15, -0.1) is 0 Å². The number of nitro benzene ring substituents is 1. The minimum Gasteiger partial charge on any atom is -0.308 e. The number of benzene rings is 1. The van der Waals surface area contributed by atoms with Crippen LogP contribution in [-0.2, 0) is 6.54 Å². The average molecular weight is 261 g/mol. The van der Waals surface area contributed by atoms with Crippen LogP contribution in [0, 0.1) is 10.1 Å². The van der Waals surface area contributed by atoms with E-state index < -0.39 is 0 Å². The van der Waals surface area contributed by atoms with Gasteiger partial charge in [-0.05, 0) is 19.3 Å². The number of nitrogens with zero attached hydrogens (tertiary/aromatic N) is 2. The molecule has 1 aromatic carbocycles. The highest BCUT2D eigenvalue weighted by Gasteiger charge is 2.34. The van der Waals surface area contributed by atoms with E-state index in [1.54, 1.807) is 12.1 Å². The lowest BCUT2D eigenvalue weighted by Crippen LogP contribution is -2.33. The van der Waals surface area contributed by atoms with E-state index in [4.69, 9.17) is 0 Å². The molecule has 2 aliphatic rings. The third kappa shape index (κ3) is 2.93. The van der Waals surface area contributed by atoms with Crippen molar-refractivity contribution in [3.63, 3.8) is 0 Å². The fourth-order valence-corrected chi connectivity index (χ4v) is 2.82. The molecule has 1 saturated heterocycles. The van der Waals surface area contributed by atoms with Crippen molar-refractivity contribution in [3.8, 4) is 0 Å². The van der Waals surface area contributed by atoms with Crippen LogP contribution in [0.5, 0.6) is 0 Å². The van der Waals surface area contributed by atoms with Crippen molar-refractivity contribution in [3.05, 3.63) is 39.9 Å². The maximum absolute atomic E-state index is 10.9. The Balaban J connectivity index is 1.56. The highest BCUT2D eigenvalue weighted by atomic mass is 16.6. The molecule has 1 aliphatic carbocycles. The first kappa shape index (κ1) is 12.6. The Bertz CT molecular complexity index is 474. The molecule has 0 radical (unpaired) electrons. The largest absolute Gasteiger partial charge is 0.308 e. The standard InChI is InChI=1S/C14H19N3O2/c18-17(19)14-4-2-1-3-11(14)9-15-12-7-8-16(10-12)13-5-6-13/h1-4,12-13,15H,5-10H2. The van der Waals surface area contributed by atoms with Gasteiger partial charge in [-0.2, -0.15) is 0 Å². The molecule has 0 bridgehead atoms. The second-order valence-electron chi connectivity index (χ2n) is 5.48. The Morgan fingerprint density at radius 1 is 1.32 bits per heavy atom. The van der Waals surface area contributed by atoms with Crippen LogP contribution in [0.3, 0.4) is 0 Å². The van der Waals surface area contributed by atoms with E-state index in [0.717, 1.165) is 24.6 Å². The summed E-state index contributed by atoms with van der Waals surface area (Å²) in [5, 5.41) is 14.4. The van der Waals surface area contributed by atoms with Gasteiger partial charge in [0, 0.05) is 43.3 Å². The van der Waals surface area contributed by atoms with Gasteiger partial charge in [-0.3, -0.25) is 15.0 Å². The molecular weight excluding hydrogens is 242 g/mol. The van der Waals surface area contributed by atoms with Crippen molar-refractivity contribution < 1.29 is 4.92 Å². The molecule has 19 heavy (non-hydrogen) atoms. The maximum atomic E-state index is 10.9. The van der Waals surface area contributed by atoms with E-state index in [0.29, 0.717) is 12.6 Å². The van der Waals surface area contributed by atoms with Gasteiger partial charge in [0.15, 0.2) is 0 Å². The van der Waals surface area contributed by atoms with Crippen LogP contribution >= 0.6 is 0 Å². The van der Waals surface area contributed by atoms with Gasteiger partial charge in [0.25, 0.3) is 5.69 Å². The average Bonchev–Trinajstić information content (AvgIpc) is 3.16. The van der Waals surface area contributed by atoms with E-state index in [1.165, 1.54) is 19.4 Å². The van der Waals surface area contributed by atoms with Crippen molar-refractivity contribution >= 4 is 5.69 Å². The van der Waals surface area contributed by atoms with Crippen LogP contribution in [0.1, 0.15) is 24.8 Å². The van der Waals surface area contributed by atoms with E-state index in [1.807, 2.05) is 12.1 Å². The summed E-state index contributed by atoms with van der Waals surface area (Å²) in [7, 11) is 0. The quantitative estimate of drug-likeness (QED) is 0.650. The summed E-state index contributed by atoms with van der Waals surface area (Å²) < 4.78 is 0. The Labute approximate surface area is 112 Å². The Hall–Kier alpha value is -1.46. The Kier molecular flexibility index (Phi) is 3.48. The van der Waals surface area contributed by atoms with Crippen LogP contribution in [0.2, 0.25) is 0 Å². The Morgan fingerprint density at radius 3 is 2.84 bits per heavy atom. The lowest BCUT2D eigenvalue weighted by molar-refractivity contribution is -0.385. The van der Waals surface area contributed by atoms with Gasteiger partial charge in [0.05, 0.1) is 4.92 Å².